The first kappa shape index (κ1) is 11.1. The van der Waals surface area contributed by atoms with Gasteiger partial charge >= 0.3 is 0 Å². The predicted molar refractivity (Wildman–Crippen MR) is 62.9 cm³/mol. The largest absolute Gasteiger partial charge is 0.320 e. The second-order valence-corrected chi connectivity index (χ2v) is 3.69. The number of hydroxylamine groups is 2. The summed E-state index contributed by atoms with van der Waals surface area (Å²) in [6.07, 6.45) is 3.00. The summed E-state index contributed by atoms with van der Waals surface area (Å²) in [5.74, 6) is 0. The second kappa shape index (κ2) is 5.63. The summed E-state index contributed by atoms with van der Waals surface area (Å²) in [5, 5.41) is 7.03. The third kappa shape index (κ3) is 2.81. The molecule has 0 aromatic heterocycles. The van der Waals surface area contributed by atoms with E-state index in [-0.39, 0.29) is 0 Å². The van der Waals surface area contributed by atoms with Gasteiger partial charge in [-0.25, -0.2) is 5.06 Å². The Hall–Kier alpha value is -1.39. The minimum Gasteiger partial charge on any atom is -0.320 e. The zero-order chi connectivity index (χ0) is 11.2. The van der Waals surface area contributed by atoms with E-state index in [2.05, 4.69) is 10.3 Å². The van der Waals surface area contributed by atoms with Gasteiger partial charge in [-0.3, -0.25) is 9.83 Å². The summed E-state index contributed by atoms with van der Waals surface area (Å²) in [5.41, 5.74) is 0. The minimum absolute atomic E-state index is 0.580. The molecular formula is C12H17N3O. The van der Waals surface area contributed by atoms with Crippen LogP contribution in [0.15, 0.2) is 29.3 Å². The van der Waals surface area contributed by atoms with Crippen LogP contribution in [-0.4, -0.2) is 31.9 Å². The fourth-order valence-electron chi connectivity index (χ4n) is 1.59. The molecule has 1 N–H and O–H groups in total. The highest BCUT2D eigenvalue weighted by Gasteiger charge is 2.02. The van der Waals surface area contributed by atoms with Crippen molar-refractivity contribution in [2.75, 3.05) is 26.9 Å². The van der Waals surface area contributed by atoms with Crippen LogP contribution in [0.4, 0.5) is 0 Å². The number of para-hydroxylation sites is 1. The Labute approximate surface area is 95.2 Å². The Morgan fingerprint density at radius 1 is 1.44 bits per heavy atom. The molecule has 0 bridgehead atoms. The molecule has 0 unspecified atom stereocenters. The summed E-state index contributed by atoms with van der Waals surface area (Å²) in [6, 6.07) is 8.07. The second-order valence-electron chi connectivity index (χ2n) is 3.69. The van der Waals surface area contributed by atoms with Gasteiger partial charge in [0, 0.05) is 11.4 Å². The lowest BCUT2D eigenvalue weighted by Crippen LogP contribution is -2.35. The highest BCUT2D eigenvalue weighted by Crippen LogP contribution is 1.95. The van der Waals surface area contributed by atoms with Crippen molar-refractivity contribution in [3.63, 3.8) is 0 Å². The highest BCUT2D eigenvalue weighted by atomic mass is 16.7. The molecular weight excluding hydrogens is 202 g/mol. The number of hydrogen-bond donors (Lipinski definition) is 1. The number of fused-ring (bicyclic) bond motifs is 1. The third-order valence-electron chi connectivity index (χ3n) is 2.43. The smallest absolute Gasteiger partial charge is 0.135 e. The van der Waals surface area contributed by atoms with E-state index in [1.165, 1.54) is 0 Å². The SMILES string of the molecule is CNCCCON1C=c2ccccc2=NC1. The predicted octanol–water partition coefficient (Wildman–Crippen LogP) is -0.142. The quantitative estimate of drug-likeness (QED) is 0.700. The van der Waals surface area contributed by atoms with Gasteiger partial charge in [0.25, 0.3) is 0 Å². The molecule has 4 nitrogen and oxygen atoms in total. The molecule has 0 atom stereocenters. The van der Waals surface area contributed by atoms with Crippen LogP contribution in [0.25, 0.3) is 6.20 Å². The molecule has 0 aliphatic carbocycles. The van der Waals surface area contributed by atoms with Gasteiger partial charge in [0.05, 0.1) is 12.0 Å². The molecule has 1 heterocycles. The van der Waals surface area contributed by atoms with Crippen molar-refractivity contribution in [2.24, 2.45) is 4.99 Å². The van der Waals surface area contributed by atoms with Crippen LogP contribution in [0.2, 0.25) is 0 Å². The maximum atomic E-state index is 5.59. The Morgan fingerprint density at radius 3 is 3.19 bits per heavy atom. The molecule has 0 fully saturated rings. The molecule has 1 aliphatic rings. The van der Waals surface area contributed by atoms with Crippen LogP contribution >= 0.6 is 0 Å². The Bertz CT molecular complexity index is 444. The number of rotatable bonds is 5. The van der Waals surface area contributed by atoms with Crippen molar-refractivity contribution < 1.29 is 4.84 Å². The Balaban J connectivity index is 1.94. The normalized spacial score (nSPS) is 13.9. The van der Waals surface area contributed by atoms with E-state index >= 15 is 0 Å². The highest BCUT2D eigenvalue weighted by molar-refractivity contribution is 5.22. The van der Waals surface area contributed by atoms with E-state index in [4.69, 9.17) is 4.84 Å². The van der Waals surface area contributed by atoms with Crippen molar-refractivity contribution in [1.29, 1.82) is 0 Å². The van der Waals surface area contributed by atoms with Gasteiger partial charge in [-0.05, 0) is 26.1 Å². The average molecular weight is 219 g/mol. The lowest BCUT2D eigenvalue weighted by molar-refractivity contribution is -0.104. The first-order chi connectivity index (χ1) is 7.90. The average Bonchev–Trinajstić information content (AvgIpc) is 2.34. The maximum absolute atomic E-state index is 5.59. The van der Waals surface area contributed by atoms with Gasteiger partial charge < -0.3 is 5.32 Å². The lowest BCUT2D eigenvalue weighted by atomic mass is 10.3. The third-order valence-corrected chi connectivity index (χ3v) is 2.43. The topological polar surface area (TPSA) is 36.9 Å². The molecule has 0 saturated carbocycles. The molecule has 1 aromatic rings. The number of nitrogens with one attached hydrogen (secondary N) is 1. The first-order valence-electron chi connectivity index (χ1n) is 5.56. The van der Waals surface area contributed by atoms with Crippen molar-refractivity contribution in [3.05, 3.63) is 34.8 Å². The summed E-state index contributed by atoms with van der Waals surface area (Å²) in [4.78, 5) is 10.0. The molecule has 2 rings (SSSR count). The van der Waals surface area contributed by atoms with Crippen molar-refractivity contribution in [3.8, 4) is 0 Å². The fraction of sp³-hybridized carbons (Fsp3) is 0.417. The van der Waals surface area contributed by atoms with Crippen LogP contribution in [0.3, 0.4) is 0 Å². The molecule has 1 aliphatic heterocycles. The molecule has 0 saturated heterocycles. The lowest BCUT2D eigenvalue weighted by Gasteiger charge is -2.19. The molecule has 16 heavy (non-hydrogen) atoms. The van der Waals surface area contributed by atoms with Gasteiger partial charge in [0.2, 0.25) is 0 Å². The first-order valence-corrected chi connectivity index (χ1v) is 5.56. The molecule has 0 spiro atoms. The maximum Gasteiger partial charge on any atom is 0.135 e. The van der Waals surface area contributed by atoms with E-state index in [9.17, 15) is 0 Å². The zero-order valence-electron chi connectivity index (χ0n) is 9.52. The van der Waals surface area contributed by atoms with E-state index in [1.807, 2.05) is 37.5 Å². The van der Waals surface area contributed by atoms with Crippen molar-refractivity contribution >= 4 is 6.20 Å². The van der Waals surface area contributed by atoms with E-state index in [0.29, 0.717) is 6.67 Å². The monoisotopic (exact) mass is 219 g/mol. The number of nitrogens with zero attached hydrogens (tertiary/aromatic N) is 2. The molecule has 1 aromatic carbocycles. The summed E-state index contributed by atoms with van der Waals surface area (Å²) in [6.45, 7) is 2.27. The van der Waals surface area contributed by atoms with Crippen LogP contribution in [-0.2, 0) is 4.84 Å². The number of benzene rings is 1. The van der Waals surface area contributed by atoms with Crippen LogP contribution in [0, 0.1) is 0 Å². The fourth-order valence-corrected chi connectivity index (χ4v) is 1.59. The summed E-state index contributed by atoms with van der Waals surface area (Å²) in [7, 11) is 1.94. The standard InChI is InChI=1S/C12H17N3O/c1-13-7-4-8-16-15-9-11-5-2-3-6-12(11)14-10-15/h2-3,5-6,9,13H,4,7-8,10H2,1H3. The van der Waals surface area contributed by atoms with Gasteiger partial charge in [0.1, 0.15) is 6.67 Å². The Morgan fingerprint density at radius 2 is 2.31 bits per heavy atom. The van der Waals surface area contributed by atoms with Gasteiger partial charge in [-0.1, -0.05) is 18.2 Å². The van der Waals surface area contributed by atoms with E-state index < -0.39 is 0 Å². The van der Waals surface area contributed by atoms with Crippen molar-refractivity contribution in [2.45, 2.75) is 6.42 Å². The molecule has 4 heteroatoms. The van der Waals surface area contributed by atoms with Gasteiger partial charge in [-0.2, -0.15) is 0 Å². The molecule has 0 radical (unpaired) electrons. The number of hydrogen-bond acceptors (Lipinski definition) is 4. The van der Waals surface area contributed by atoms with Crippen LogP contribution in [0.5, 0.6) is 0 Å². The Kier molecular flexibility index (Phi) is 3.91. The van der Waals surface area contributed by atoms with Crippen LogP contribution < -0.4 is 15.9 Å². The molecule has 86 valence electrons. The van der Waals surface area contributed by atoms with Gasteiger partial charge in [-0.15, -0.1) is 0 Å². The van der Waals surface area contributed by atoms with E-state index in [0.717, 1.165) is 30.1 Å². The minimum atomic E-state index is 0.580. The summed E-state index contributed by atoms with van der Waals surface area (Å²) < 4.78 is 0. The van der Waals surface area contributed by atoms with Crippen molar-refractivity contribution in [1.82, 2.24) is 10.4 Å². The zero-order valence-corrected chi connectivity index (χ0v) is 9.52. The molecule has 0 amide bonds. The summed E-state index contributed by atoms with van der Waals surface area (Å²) >= 11 is 0. The van der Waals surface area contributed by atoms with E-state index in [1.54, 1.807) is 5.06 Å². The van der Waals surface area contributed by atoms with Gasteiger partial charge in [0.15, 0.2) is 0 Å². The van der Waals surface area contributed by atoms with Crippen LogP contribution in [0.1, 0.15) is 6.42 Å².